The summed E-state index contributed by atoms with van der Waals surface area (Å²) >= 11 is 0. The molecule has 0 spiro atoms. The Hall–Kier alpha value is -3.36. The Labute approximate surface area is 289 Å². The maximum atomic E-state index is 13.1. The van der Waals surface area contributed by atoms with E-state index in [1.165, 1.54) is 22.6 Å². The van der Waals surface area contributed by atoms with Crippen molar-refractivity contribution in [3.63, 3.8) is 0 Å². The fourth-order valence-corrected chi connectivity index (χ4v) is 7.94. The first-order valence-corrected chi connectivity index (χ1v) is 18.2. The molecule has 2 aliphatic rings. The third kappa shape index (κ3) is 9.20. The number of carbonyl (C=O) groups excluding carboxylic acids is 4. The van der Waals surface area contributed by atoms with E-state index in [2.05, 4.69) is 55.9 Å². The molecule has 0 aromatic heterocycles. The maximum absolute atomic E-state index is 13.1. The summed E-state index contributed by atoms with van der Waals surface area (Å²) in [6.45, 7) is 12.9. The molecule has 2 aromatic rings. The van der Waals surface area contributed by atoms with Crippen molar-refractivity contribution in [3.05, 3.63) is 70.8 Å². The van der Waals surface area contributed by atoms with Gasteiger partial charge in [-0.2, -0.15) is 0 Å². The minimum absolute atomic E-state index is 0.157. The molecule has 0 bridgehead atoms. The van der Waals surface area contributed by atoms with Gasteiger partial charge in [0, 0.05) is 31.8 Å². The van der Waals surface area contributed by atoms with Crippen molar-refractivity contribution in [3.8, 4) is 0 Å². The summed E-state index contributed by atoms with van der Waals surface area (Å²) < 4.78 is 1.76. The van der Waals surface area contributed by atoms with Gasteiger partial charge in [-0.15, -0.1) is 0 Å². The number of unbranched alkanes of at least 4 members (excludes halogenated alkanes) is 3. The van der Waals surface area contributed by atoms with E-state index in [1.807, 2.05) is 24.3 Å². The molecule has 0 aliphatic carbocycles. The topological polar surface area (TPSA) is 74.8 Å². The van der Waals surface area contributed by atoms with Gasteiger partial charge < -0.3 is 8.97 Å². The molecule has 48 heavy (non-hydrogen) atoms. The summed E-state index contributed by atoms with van der Waals surface area (Å²) in [7, 11) is 9.17. The van der Waals surface area contributed by atoms with Gasteiger partial charge in [0.1, 0.15) is 0 Å². The third-order valence-corrected chi connectivity index (χ3v) is 10.4. The van der Waals surface area contributed by atoms with Crippen LogP contribution in [0.15, 0.2) is 48.5 Å². The lowest BCUT2D eigenvalue weighted by atomic mass is 9.95. The SMILES string of the molecule is CC(C)CC(CN1C(=O)c2ccccc2C1=O)C[N+](C)(C)CCCCCC[N+](C)(C)C(CCN1C(=O)c2ccccc2C1=O)CC(C)C. The normalized spacial score (nSPS) is 16.4. The van der Waals surface area contributed by atoms with Crippen LogP contribution in [-0.2, 0) is 0 Å². The largest absolute Gasteiger partial charge is 0.328 e. The monoisotopic (exact) mass is 660 g/mol. The van der Waals surface area contributed by atoms with Crippen LogP contribution in [0.25, 0.3) is 0 Å². The molecule has 0 saturated heterocycles. The van der Waals surface area contributed by atoms with Crippen LogP contribution in [0.5, 0.6) is 0 Å². The van der Waals surface area contributed by atoms with Crippen LogP contribution in [0.2, 0.25) is 0 Å². The average Bonchev–Trinajstić information content (AvgIpc) is 3.40. The number of carbonyl (C=O) groups is 4. The summed E-state index contributed by atoms with van der Waals surface area (Å²) in [4.78, 5) is 55.0. The number of hydrogen-bond donors (Lipinski definition) is 0. The number of benzene rings is 2. The first-order valence-electron chi connectivity index (χ1n) is 18.2. The fourth-order valence-electron chi connectivity index (χ4n) is 7.94. The summed E-state index contributed by atoms with van der Waals surface area (Å²) in [6.07, 6.45) is 7.44. The van der Waals surface area contributed by atoms with Crippen molar-refractivity contribution in [2.24, 2.45) is 17.8 Å². The molecule has 0 fully saturated rings. The van der Waals surface area contributed by atoms with E-state index in [0.717, 1.165) is 60.7 Å². The van der Waals surface area contributed by atoms with Gasteiger partial charge in [0.2, 0.25) is 0 Å². The van der Waals surface area contributed by atoms with Gasteiger partial charge in [0.25, 0.3) is 23.6 Å². The second kappa shape index (κ2) is 15.9. The number of rotatable bonds is 19. The zero-order valence-corrected chi connectivity index (χ0v) is 30.8. The standard InChI is InChI=1S/C40H60N4O4/c1-29(2)25-31(27-42-39(47)35-19-13-14-20-36(35)40(42)48)28-43(5,6)23-15-9-10-16-24-44(7,8)32(26-30(3)4)21-22-41-37(45)33-17-11-12-18-34(33)38(41)46/h11-14,17-20,29-32H,9-10,15-16,21-28H2,1-8H3/q+2. The van der Waals surface area contributed by atoms with Crippen LogP contribution in [0.3, 0.4) is 0 Å². The predicted molar refractivity (Wildman–Crippen MR) is 192 cm³/mol. The molecular formula is C40H60N4O4+2. The predicted octanol–water partition coefficient (Wildman–Crippen LogP) is 6.76. The van der Waals surface area contributed by atoms with Crippen LogP contribution < -0.4 is 0 Å². The van der Waals surface area contributed by atoms with Gasteiger partial charge in [-0.1, -0.05) is 52.0 Å². The number of imide groups is 2. The molecule has 2 heterocycles. The quantitative estimate of drug-likeness (QED) is 0.0949. The van der Waals surface area contributed by atoms with Crippen LogP contribution in [0.1, 0.15) is 114 Å². The average molecular weight is 661 g/mol. The number of amides is 4. The van der Waals surface area contributed by atoms with E-state index < -0.39 is 0 Å². The second-order valence-corrected chi connectivity index (χ2v) is 16.4. The first-order chi connectivity index (χ1) is 22.6. The van der Waals surface area contributed by atoms with Crippen LogP contribution >= 0.6 is 0 Å². The molecule has 4 amide bonds. The Bertz CT molecular complexity index is 1390. The van der Waals surface area contributed by atoms with Crippen LogP contribution in [-0.4, -0.2) is 109 Å². The summed E-state index contributed by atoms with van der Waals surface area (Å²) in [5.74, 6) is 0.628. The number of fused-ring (bicyclic) bond motifs is 2. The number of hydrogen-bond acceptors (Lipinski definition) is 4. The molecule has 2 atom stereocenters. The smallest absolute Gasteiger partial charge is 0.261 e. The lowest BCUT2D eigenvalue weighted by molar-refractivity contribution is -0.916. The van der Waals surface area contributed by atoms with E-state index in [9.17, 15) is 19.2 Å². The molecule has 2 unspecified atom stereocenters. The van der Waals surface area contributed by atoms with Gasteiger partial charge >= 0.3 is 0 Å². The van der Waals surface area contributed by atoms with Gasteiger partial charge in [-0.25, -0.2) is 0 Å². The molecule has 262 valence electrons. The highest BCUT2D eigenvalue weighted by Crippen LogP contribution is 2.28. The minimum atomic E-state index is -0.162. The number of nitrogens with zero attached hydrogens (tertiary/aromatic N) is 4. The highest BCUT2D eigenvalue weighted by molar-refractivity contribution is 6.22. The third-order valence-electron chi connectivity index (χ3n) is 10.4. The van der Waals surface area contributed by atoms with E-state index in [0.29, 0.717) is 53.2 Å². The van der Waals surface area contributed by atoms with Crippen molar-refractivity contribution in [1.82, 2.24) is 9.80 Å². The molecule has 0 saturated carbocycles. The van der Waals surface area contributed by atoms with E-state index in [-0.39, 0.29) is 29.5 Å². The van der Waals surface area contributed by atoms with Crippen molar-refractivity contribution in [2.45, 2.75) is 78.7 Å². The lowest BCUT2D eigenvalue weighted by Crippen LogP contribution is -2.51. The van der Waals surface area contributed by atoms with Crippen molar-refractivity contribution >= 4 is 23.6 Å². The Morgan fingerprint density at radius 2 is 1.02 bits per heavy atom. The molecular weight excluding hydrogens is 600 g/mol. The molecule has 8 nitrogen and oxygen atoms in total. The molecule has 8 heteroatoms. The summed E-state index contributed by atoms with van der Waals surface area (Å²) in [6, 6.07) is 14.7. The van der Waals surface area contributed by atoms with Crippen molar-refractivity contribution in [1.29, 1.82) is 0 Å². The zero-order valence-electron chi connectivity index (χ0n) is 30.8. The minimum Gasteiger partial charge on any atom is -0.328 e. The summed E-state index contributed by atoms with van der Waals surface area (Å²) in [5.41, 5.74) is 2.10. The highest BCUT2D eigenvalue weighted by Gasteiger charge is 2.39. The van der Waals surface area contributed by atoms with Gasteiger partial charge in [-0.05, 0) is 68.2 Å². The van der Waals surface area contributed by atoms with Crippen LogP contribution in [0, 0.1) is 17.8 Å². The highest BCUT2D eigenvalue weighted by atomic mass is 16.2. The van der Waals surface area contributed by atoms with Crippen molar-refractivity contribution < 1.29 is 28.1 Å². The maximum Gasteiger partial charge on any atom is 0.261 e. The molecule has 2 aliphatic heterocycles. The van der Waals surface area contributed by atoms with Gasteiger partial charge in [0.05, 0.1) is 76.1 Å². The van der Waals surface area contributed by atoms with E-state index >= 15 is 0 Å². The molecule has 2 aromatic carbocycles. The van der Waals surface area contributed by atoms with Crippen LogP contribution in [0.4, 0.5) is 0 Å². The second-order valence-electron chi connectivity index (χ2n) is 16.4. The Morgan fingerprint density at radius 1 is 0.583 bits per heavy atom. The van der Waals surface area contributed by atoms with E-state index in [1.54, 1.807) is 24.3 Å². The van der Waals surface area contributed by atoms with Gasteiger partial charge in [-0.3, -0.25) is 29.0 Å². The molecule has 0 N–H and O–H groups in total. The Kier molecular flexibility index (Phi) is 12.4. The lowest BCUT2D eigenvalue weighted by Gasteiger charge is -2.40. The van der Waals surface area contributed by atoms with E-state index in [4.69, 9.17) is 0 Å². The van der Waals surface area contributed by atoms with Gasteiger partial charge in [0.15, 0.2) is 0 Å². The summed E-state index contributed by atoms with van der Waals surface area (Å²) in [5, 5.41) is 0. The van der Waals surface area contributed by atoms with Crippen molar-refractivity contribution in [2.75, 3.05) is 60.9 Å². The Balaban J connectivity index is 1.23. The number of quaternary nitrogens is 2. The Morgan fingerprint density at radius 3 is 1.48 bits per heavy atom. The first kappa shape index (κ1) is 37.5. The fraction of sp³-hybridized carbons (Fsp3) is 0.600. The molecule has 0 radical (unpaired) electrons. The molecule has 4 rings (SSSR count). The zero-order chi connectivity index (χ0) is 35.2.